The average molecular weight is 246 g/mol. The first-order valence-corrected chi connectivity index (χ1v) is 4.81. The topological polar surface area (TPSA) is 118 Å². The van der Waals surface area contributed by atoms with E-state index in [1.165, 1.54) is 0 Å². The molecule has 2 unspecified atom stereocenters. The smallest absolute Gasteiger partial charge is 0.307 e. The minimum absolute atomic E-state index is 0.427. The number of aliphatic carboxylic acids is 2. The Balaban J connectivity index is 4.96. The van der Waals surface area contributed by atoms with Crippen LogP contribution in [0.1, 0.15) is 19.8 Å². The third-order valence-electron chi connectivity index (χ3n) is 2.24. The predicted molar refractivity (Wildman–Crippen MR) is 54.2 cm³/mol. The van der Waals surface area contributed by atoms with Gasteiger partial charge in [-0.1, -0.05) is 0 Å². The predicted octanol–water partition coefficient (Wildman–Crippen LogP) is -0.0698. The minimum Gasteiger partial charge on any atom is -0.481 e. The number of hydrogen-bond donors (Lipinski definition) is 2. The van der Waals surface area contributed by atoms with Gasteiger partial charge in [0.25, 0.3) is 0 Å². The molecule has 0 aromatic carbocycles. The highest BCUT2D eigenvalue weighted by Gasteiger charge is 2.36. The summed E-state index contributed by atoms with van der Waals surface area (Å²) in [7, 11) is 1.07. The molecule has 2 N–H and O–H groups in total. The van der Waals surface area contributed by atoms with Gasteiger partial charge in [-0.2, -0.15) is 0 Å². The summed E-state index contributed by atoms with van der Waals surface area (Å²) in [5.74, 6) is -7.03. The van der Waals surface area contributed by atoms with Gasteiger partial charge >= 0.3 is 17.9 Å². The number of ether oxygens (including phenoxy) is 1. The first-order valence-electron chi connectivity index (χ1n) is 4.81. The van der Waals surface area contributed by atoms with E-state index in [0.717, 1.165) is 14.0 Å². The fourth-order valence-corrected chi connectivity index (χ4v) is 1.38. The summed E-state index contributed by atoms with van der Waals surface area (Å²) in [4.78, 5) is 43.6. The molecular weight excluding hydrogens is 232 g/mol. The van der Waals surface area contributed by atoms with Gasteiger partial charge in [-0.15, -0.1) is 0 Å². The summed E-state index contributed by atoms with van der Waals surface area (Å²) in [5.41, 5.74) is 0. The van der Waals surface area contributed by atoms with Crippen LogP contribution in [0.5, 0.6) is 0 Å². The van der Waals surface area contributed by atoms with E-state index in [1.54, 1.807) is 0 Å². The Morgan fingerprint density at radius 1 is 1.00 bits per heavy atom. The summed E-state index contributed by atoms with van der Waals surface area (Å²) in [6.45, 7) is 1.16. The van der Waals surface area contributed by atoms with Gasteiger partial charge in [0.1, 0.15) is 5.78 Å². The Morgan fingerprint density at radius 2 is 1.41 bits per heavy atom. The number of rotatable bonds is 7. The molecule has 7 nitrogen and oxygen atoms in total. The Morgan fingerprint density at radius 3 is 1.71 bits per heavy atom. The number of esters is 1. The van der Waals surface area contributed by atoms with Gasteiger partial charge in [0, 0.05) is 6.42 Å². The van der Waals surface area contributed by atoms with Crippen molar-refractivity contribution in [2.75, 3.05) is 7.11 Å². The highest BCUT2D eigenvalue weighted by atomic mass is 16.5. The van der Waals surface area contributed by atoms with Gasteiger partial charge in [0.2, 0.25) is 0 Å². The molecule has 96 valence electrons. The molecule has 0 aromatic heterocycles. The molecule has 0 rings (SSSR count). The zero-order valence-corrected chi connectivity index (χ0v) is 9.50. The van der Waals surface area contributed by atoms with Crippen molar-refractivity contribution in [3.63, 3.8) is 0 Å². The molecular formula is C10H14O7. The van der Waals surface area contributed by atoms with E-state index >= 15 is 0 Å². The maximum Gasteiger partial charge on any atom is 0.307 e. The Hall–Kier alpha value is -1.92. The molecule has 0 fully saturated rings. The van der Waals surface area contributed by atoms with Crippen LogP contribution in [0.3, 0.4) is 0 Å². The molecule has 0 radical (unpaired) electrons. The highest BCUT2D eigenvalue weighted by molar-refractivity contribution is 5.88. The fraction of sp³-hybridized carbons (Fsp3) is 0.600. The molecule has 0 aliphatic heterocycles. The zero-order chi connectivity index (χ0) is 13.6. The number of carboxylic acids is 2. The lowest BCUT2D eigenvalue weighted by Crippen LogP contribution is -2.33. The molecule has 0 aliphatic rings. The highest BCUT2D eigenvalue weighted by Crippen LogP contribution is 2.21. The average Bonchev–Trinajstić information content (AvgIpc) is 2.21. The Labute approximate surface area is 97.4 Å². The Bertz CT molecular complexity index is 334. The number of carboxylic acid groups (broad SMARTS) is 2. The van der Waals surface area contributed by atoms with Crippen molar-refractivity contribution in [3.8, 4) is 0 Å². The summed E-state index contributed by atoms with van der Waals surface area (Å²) >= 11 is 0. The van der Waals surface area contributed by atoms with Crippen LogP contribution in [-0.4, -0.2) is 41.0 Å². The third-order valence-corrected chi connectivity index (χ3v) is 2.24. The molecule has 0 heterocycles. The van der Waals surface area contributed by atoms with Crippen LogP contribution in [0, 0.1) is 11.8 Å². The molecule has 0 saturated heterocycles. The van der Waals surface area contributed by atoms with Crippen LogP contribution in [0.25, 0.3) is 0 Å². The first-order chi connectivity index (χ1) is 7.79. The lowest BCUT2D eigenvalue weighted by molar-refractivity contribution is -0.158. The third kappa shape index (κ3) is 5.10. The van der Waals surface area contributed by atoms with Gasteiger partial charge in [-0.25, -0.2) is 0 Å². The quantitative estimate of drug-likeness (QED) is 0.603. The van der Waals surface area contributed by atoms with Gasteiger partial charge < -0.3 is 19.7 Å². The van der Waals surface area contributed by atoms with Crippen LogP contribution >= 0.6 is 0 Å². The second-order valence-electron chi connectivity index (χ2n) is 3.58. The molecule has 0 saturated carbocycles. The lowest BCUT2D eigenvalue weighted by atomic mass is 9.86. The number of carbonyl (C=O) groups is 4. The first kappa shape index (κ1) is 15.1. The van der Waals surface area contributed by atoms with E-state index < -0.39 is 48.4 Å². The zero-order valence-electron chi connectivity index (χ0n) is 9.50. The van der Waals surface area contributed by atoms with Crippen LogP contribution in [0.4, 0.5) is 0 Å². The molecule has 0 aromatic rings. The maximum atomic E-state index is 11.0. The summed E-state index contributed by atoms with van der Waals surface area (Å²) in [6, 6.07) is 0. The fourth-order valence-electron chi connectivity index (χ4n) is 1.38. The second kappa shape index (κ2) is 6.62. The van der Waals surface area contributed by atoms with Crippen LogP contribution in [0.15, 0.2) is 0 Å². The monoisotopic (exact) mass is 246 g/mol. The molecule has 0 aliphatic carbocycles. The van der Waals surface area contributed by atoms with Gasteiger partial charge in [-0.3, -0.25) is 14.4 Å². The van der Waals surface area contributed by atoms with Gasteiger partial charge in [-0.05, 0) is 6.92 Å². The van der Waals surface area contributed by atoms with Crippen molar-refractivity contribution >= 4 is 23.7 Å². The van der Waals surface area contributed by atoms with E-state index in [1.807, 2.05) is 0 Å². The van der Waals surface area contributed by atoms with E-state index in [-0.39, 0.29) is 0 Å². The minimum atomic E-state index is -1.47. The molecule has 17 heavy (non-hydrogen) atoms. The van der Waals surface area contributed by atoms with E-state index in [0.29, 0.717) is 0 Å². The van der Waals surface area contributed by atoms with Crippen LogP contribution < -0.4 is 0 Å². The summed E-state index contributed by atoms with van der Waals surface area (Å²) < 4.78 is 4.29. The van der Waals surface area contributed by atoms with Crippen molar-refractivity contribution in [1.29, 1.82) is 0 Å². The molecule has 2 atom stereocenters. The molecule has 0 bridgehead atoms. The van der Waals surface area contributed by atoms with Crippen LogP contribution in [0.2, 0.25) is 0 Å². The largest absolute Gasteiger partial charge is 0.481 e. The summed E-state index contributed by atoms with van der Waals surface area (Å²) in [5, 5.41) is 17.7. The van der Waals surface area contributed by atoms with E-state index in [2.05, 4.69) is 4.74 Å². The van der Waals surface area contributed by atoms with E-state index in [4.69, 9.17) is 10.2 Å². The molecule has 0 amide bonds. The van der Waals surface area contributed by atoms with Crippen molar-refractivity contribution in [3.05, 3.63) is 0 Å². The van der Waals surface area contributed by atoms with Crippen molar-refractivity contribution in [1.82, 2.24) is 0 Å². The number of carbonyl (C=O) groups excluding carboxylic acids is 2. The number of ketones is 1. The van der Waals surface area contributed by atoms with Crippen molar-refractivity contribution in [2.45, 2.75) is 19.8 Å². The van der Waals surface area contributed by atoms with Gasteiger partial charge in [0.05, 0.1) is 25.4 Å². The lowest BCUT2D eigenvalue weighted by Gasteiger charge is -2.18. The second-order valence-corrected chi connectivity index (χ2v) is 3.58. The SMILES string of the molecule is COC(=O)CC(C(=O)O)C(CC(C)=O)C(=O)O. The molecule has 7 heteroatoms. The molecule has 0 spiro atoms. The maximum absolute atomic E-state index is 11.0. The standard InChI is InChI=1S/C10H14O7/c1-5(11)3-6(9(13)14)7(10(15)16)4-8(12)17-2/h6-7H,3-4H2,1-2H3,(H,13,14)(H,15,16). The van der Waals surface area contributed by atoms with E-state index in [9.17, 15) is 19.2 Å². The van der Waals surface area contributed by atoms with Crippen LogP contribution in [-0.2, 0) is 23.9 Å². The summed E-state index contributed by atoms with van der Waals surface area (Å²) in [6.07, 6.45) is -1.00. The van der Waals surface area contributed by atoms with Crippen molar-refractivity contribution in [2.24, 2.45) is 11.8 Å². The van der Waals surface area contributed by atoms with Crippen molar-refractivity contribution < 1.29 is 34.1 Å². The number of methoxy groups -OCH3 is 1. The number of hydrogen-bond acceptors (Lipinski definition) is 5. The normalized spacial score (nSPS) is 13.5. The Kier molecular flexibility index (Phi) is 5.87. The number of Topliss-reactive ketones (excluding diaryl/α,β-unsaturated/α-hetero) is 1. The van der Waals surface area contributed by atoms with Gasteiger partial charge in [0.15, 0.2) is 0 Å².